The van der Waals surface area contributed by atoms with Crippen molar-refractivity contribution >= 4 is 23.4 Å². The Morgan fingerprint density at radius 3 is 3.00 bits per heavy atom. The molecule has 1 aromatic rings. The fourth-order valence-corrected chi connectivity index (χ4v) is 4.54. The maximum absolute atomic E-state index is 13.3. The second kappa shape index (κ2) is 8.32. The lowest BCUT2D eigenvalue weighted by Gasteiger charge is -2.38. The first-order valence-corrected chi connectivity index (χ1v) is 10.1. The molecule has 0 aromatic heterocycles. The minimum absolute atomic E-state index is 0.00241. The van der Waals surface area contributed by atoms with Gasteiger partial charge in [-0.05, 0) is 24.1 Å². The van der Waals surface area contributed by atoms with E-state index in [1.807, 2.05) is 9.80 Å². The largest absolute Gasteiger partial charge is 0.353 e. The van der Waals surface area contributed by atoms with Crippen LogP contribution >= 0.6 is 11.6 Å². The number of carbonyl (C=O) groups is 2. The molecule has 3 fully saturated rings. The van der Waals surface area contributed by atoms with Gasteiger partial charge < -0.3 is 10.2 Å². The van der Waals surface area contributed by atoms with E-state index in [1.54, 1.807) is 6.07 Å². The van der Waals surface area contributed by atoms with E-state index in [4.69, 9.17) is 11.6 Å². The van der Waals surface area contributed by atoms with Gasteiger partial charge in [0.2, 0.25) is 11.8 Å². The number of halogens is 2. The quantitative estimate of drug-likeness (QED) is 0.675. The number of piperazine rings is 1. The minimum Gasteiger partial charge on any atom is -0.353 e. The van der Waals surface area contributed by atoms with Gasteiger partial charge in [0.25, 0.3) is 0 Å². The third-order valence-corrected chi connectivity index (χ3v) is 6.29. The van der Waals surface area contributed by atoms with Gasteiger partial charge in [0.1, 0.15) is 5.82 Å². The number of amides is 2. The highest BCUT2D eigenvalue weighted by Gasteiger charge is 2.37. The second-order valence-corrected chi connectivity index (χ2v) is 8.14. The summed E-state index contributed by atoms with van der Waals surface area (Å²) in [6.45, 7) is 3.81. The smallest absolute Gasteiger partial charge is 0.237 e. The third kappa shape index (κ3) is 4.15. The zero-order valence-corrected chi connectivity index (χ0v) is 16.3. The Bertz CT molecular complexity index is 764. The standard InChI is InChI=1S/C19H25ClFN5O2/c20-15-7-14(21)2-1-12(15)10-25-6-4-22-19(28)17(25)8-18(27)26-5-3-16-13(11-26)9-23-24-16/h1-2,7,13,16-17,23-24H,3-6,8-11H2,(H,22,28). The molecular weight excluding hydrogens is 385 g/mol. The first-order valence-electron chi connectivity index (χ1n) is 9.73. The fraction of sp³-hybridized carbons (Fsp3) is 0.579. The summed E-state index contributed by atoms with van der Waals surface area (Å²) in [6, 6.07) is 4.14. The van der Waals surface area contributed by atoms with Crippen molar-refractivity contribution < 1.29 is 14.0 Å². The van der Waals surface area contributed by atoms with Gasteiger partial charge in [-0.3, -0.25) is 25.3 Å². The number of hydrogen-bond acceptors (Lipinski definition) is 5. The number of benzene rings is 1. The zero-order valence-electron chi connectivity index (χ0n) is 15.6. The van der Waals surface area contributed by atoms with Gasteiger partial charge in [0.15, 0.2) is 0 Å². The Morgan fingerprint density at radius 1 is 1.32 bits per heavy atom. The fourth-order valence-electron chi connectivity index (χ4n) is 4.31. The second-order valence-electron chi connectivity index (χ2n) is 7.74. The third-order valence-electron chi connectivity index (χ3n) is 5.94. The Morgan fingerprint density at radius 2 is 2.18 bits per heavy atom. The van der Waals surface area contributed by atoms with Crippen LogP contribution in [0.1, 0.15) is 18.4 Å². The number of fused-ring (bicyclic) bond motifs is 1. The van der Waals surface area contributed by atoms with E-state index >= 15 is 0 Å². The van der Waals surface area contributed by atoms with Crippen LogP contribution in [0.3, 0.4) is 0 Å². The lowest BCUT2D eigenvalue weighted by molar-refractivity contribution is -0.140. The molecule has 9 heteroatoms. The van der Waals surface area contributed by atoms with Gasteiger partial charge in [-0.1, -0.05) is 17.7 Å². The number of piperidine rings is 1. The Balaban J connectivity index is 1.42. The minimum atomic E-state index is -0.542. The van der Waals surface area contributed by atoms with E-state index < -0.39 is 11.9 Å². The Kier molecular flexibility index (Phi) is 5.82. The molecule has 28 heavy (non-hydrogen) atoms. The van der Waals surface area contributed by atoms with Gasteiger partial charge in [-0.15, -0.1) is 0 Å². The summed E-state index contributed by atoms with van der Waals surface area (Å²) in [5.74, 6) is -0.123. The molecule has 1 aromatic carbocycles. The predicted octanol–water partition coefficient (Wildman–Crippen LogP) is 0.495. The van der Waals surface area contributed by atoms with E-state index in [2.05, 4.69) is 16.2 Å². The summed E-state index contributed by atoms with van der Waals surface area (Å²) in [6.07, 6.45) is 1.05. The molecule has 3 heterocycles. The lowest BCUT2D eigenvalue weighted by atomic mass is 9.93. The highest BCUT2D eigenvalue weighted by molar-refractivity contribution is 6.31. The van der Waals surface area contributed by atoms with Crippen LogP contribution < -0.4 is 16.2 Å². The van der Waals surface area contributed by atoms with E-state index in [0.717, 1.165) is 18.5 Å². The predicted molar refractivity (Wildman–Crippen MR) is 103 cm³/mol. The van der Waals surface area contributed by atoms with Crippen molar-refractivity contribution in [1.29, 1.82) is 0 Å². The van der Waals surface area contributed by atoms with E-state index in [9.17, 15) is 14.0 Å². The molecule has 0 saturated carbocycles. The molecule has 7 nitrogen and oxygen atoms in total. The molecule has 3 aliphatic heterocycles. The summed E-state index contributed by atoms with van der Waals surface area (Å²) >= 11 is 6.16. The Labute approximate surface area is 168 Å². The topological polar surface area (TPSA) is 76.7 Å². The SMILES string of the molecule is O=C1NCCN(Cc2ccc(F)cc2Cl)C1CC(=O)N1CCC2NNCC2C1. The summed E-state index contributed by atoms with van der Waals surface area (Å²) < 4.78 is 13.3. The molecule has 2 amide bonds. The van der Waals surface area contributed by atoms with Crippen molar-refractivity contribution in [1.82, 2.24) is 26.0 Å². The maximum atomic E-state index is 13.3. The first-order chi connectivity index (χ1) is 13.5. The molecule has 0 radical (unpaired) electrons. The number of nitrogens with zero attached hydrogens (tertiary/aromatic N) is 2. The molecule has 152 valence electrons. The van der Waals surface area contributed by atoms with Crippen molar-refractivity contribution in [3.05, 3.63) is 34.6 Å². The van der Waals surface area contributed by atoms with Crippen LogP contribution in [-0.4, -0.2) is 66.4 Å². The van der Waals surface area contributed by atoms with Crippen LogP contribution in [0, 0.1) is 11.7 Å². The molecule has 0 spiro atoms. The van der Waals surface area contributed by atoms with Crippen molar-refractivity contribution in [2.75, 3.05) is 32.7 Å². The molecule has 4 rings (SSSR count). The molecule has 3 saturated heterocycles. The van der Waals surface area contributed by atoms with Gasteiger partial charge >= 0.3 is 0 Å². The Hall–Kier alpha value is -1.74. The monoisotopic (exact) mass is 409 g/mol. The van der Waals surface area contributed by atoms with Crippen molar-refractivity contribution in [2.24, 2.45) is 5.92 Å². The van der Waals surface area contributed by atoms with Crippen molar-refractivity contribution in [3.8, 4) is 0 Å². The summed E-state index contributed by atoms with van der Waals surface area (Å²) in [7, 11) is 0. The van der Waals surface area contributed by atoms with Crippen molar-refractivity contribution in [3.63, 3.8) is 0 Å². The summed E-state index contributed by atoms with van der Waals surface area (Å²) in [5, 5.41) is 3.19. The van der Waals surface area contributed by atoms with Gasteiger partial charge in [0, 0.05) is 56.3 Å². The average molecular weight is 410 g/mol. The van der Waals surface area contributed by atoms with Crippen LogP contribution in [0.4, 0.5) is 4.39 Å². The number of carbonyl (C=O) groups excluding carboxylic acids is 2. The molecule has 0 bridgehead atoms. The number of hydrogen-bond donors (Lipinski definition) is 3. The highest BCUT2D eigenvalue weighted by Crippen LogP contribution is 2.24. The van der Waals surface area contributed by atoms with Crippen LogP contribution in [-0.2, 0) is 16.1 Å². The van der Waals surface area contributed by atoms with E-state index in [1.165, 1.54) is 12.1 Å². The lowest BCUT2D eigenvalue weighted by Crippen LogP contribution is -2.57. The van der Waals surface area contributed by atoms with Gasteiger partial charge in [0.05, 0.1) is 12.5 Å². The number of likely N-dealkylation sites (tertiary alicyclic amines) is 1. The highest BCUT2D eigenvalue weighted by atomic mass is 35.5. The first kappa shape index (κ1) is 19.6. The molecule has 3 N–H and O–H groups in total. The summed E-state index contributed by atoms with van der Waals surface area (Å²) in [4.78, 5) is 29.2. The van der Waals surface area contributed by atoms with E-state index in [0.29, 0.717) is 49.7 Å². The number of rotatable bonds is 4. The van der Waals surface area contributed by atoms with Crippen LogP contribution in [0.2, 0.25) is 5.02 Å². The van der Waals surface area contributed by atoms with Crippen LogP contribution in [0.15, 0.2) is 18.2 Å². The van der Waals surface area contributed by atoms with Crippen LogP contribution in [0.25, 0.3) is 0 Å². The molecule has 3 atom stereocenters. The molecule has 3 aliphatic rings. The van der Waals surface area contributed by atoms with Crippen molar-refractivity contribution in [2.45, 2.75) is 31.5 Å². The number of hydrazine groups is 1. The summed E-state index contributed by atoms with van der Waals surface area (Å²) in [5.41, 5.74) is 7.16. The average Bonchev–Trinajstić information content (AvgIpc) is 3.14. The van der Waals surface area contributed by atoms with E-state index in [-0.39, 0.29) is 18.2 Å². The number of nitrogens with one attached hydrogen (secondary N) is 3. The molecule has 0 aliphatic carbocycles. The maximum Gasteiger partial charge on any atom is 0.237 e. The zero-order chi connectivity index (χ0) is 19.7. The van der Waals surface area contributed by atoms with Crippen LogP contribution in [0.5, 0.6) is 0 Å². The molecular formula is C19H25ClFN5O2. The van der Waals surface area contributed by atoms with Gasteiger partial charge in [-0.25, -0.2) is 4.39 Å². The van der Waals surface area contributed by atoms with Gasteiger partial charge in [-0.2, -0.15) is 0 Å². The molecule has 3 unspecified atom stereocenters. The normalized spacial score (nSPS) is 28.1.